The molecule has 4 heteroatoms. The molecule has 20 heavy (non-hydrogen) atoms. The Morgan fingerprint density at radius 2 is 1.00 bits per heavy atom. The van der Waals surface area contributed by atoms with Crippen molar-refractivity contribution in [2.75, 3.05) is 0 Å². The van der Waals surface area contributed by atoms with Gasteiger partial charge in [-0.25, -0.2) is 0 Å². The van der Waals surface area contributed by atoms with Crippen LogP contribution in [-0.4, -0.2) is 22.2 Å². The van der Waals surface area contributed by atoms with E-state index in [-0.39, 0.29) is 0 Å². The summed E-state index contributed by atoms with van der Waals surface area (Å²) in [5.74, 6) is -1.49. The van der Waals surface area contributed by atoms with Gasteiger partial charge in [0.1, 0.15) is 0 Å². The van der Waals surface area contributed by atoms with Gasteiger partial charge in [-0.15, -0.1) is 0 Å². The molecule has 0 heterocycles. The summed E-state index contributed by atoms with van der Waals surface area (Å²) in [6.45, 7) is 3.33. The number of unbranched alkanes of at least 4 members (excludes halogenated alkanes) is 10. The molecule has 0 spiro atoms. The minimum atomic E-state index is -0.833. The van der Waals surface area contributed by atoms with Crippen molar-refractivity contribution in [1.29, 1.82) is 0 Å². The minimum absolute atomic E-state index is 0.344. The maximum Gasteiger partial charge on any atom is 0.303 e. The highest BCUT2D eigenvalue weighted by Gasteiger charge is 1.96. The zero-order valence-electron chi connectivity index (χ0n) is 13.2. The molecular weight excluding hydrogens is 256 g/mol. The monoisotopic (exact) mass is 288 g/mol. The van der Waals surface area contributed by atoms with E-state index in [9.17, 15) is 4.79 Å². The van der Waals surface area contributed by atoms with Gasteiger partial charge in [-0.05, 0) is 6.42 Å². The Kier molecular flexibility index (Phi) is 19.1. The summed E-state index contributed by atoms with van der Waals surface area (Å²) >= 11 is 0. The van der Waals surface area contributed by atoms with Gasteiger partial charge in [0.25, 0.3) is 5.97 Å². The number of hydrogen-bond donors (Lipinski definition) is 2. The van der Waals surface area contributed by atoms with E-state index >= 15 is 0 Å². The van der Waals surface area contributed by atoms with E-state index in [1.54, 1.807) is 0 Å². The van der Waals surface area contributed by atoms with Crippen molar-refractivity contribution in [3.63, 3.8) is 0 Å². The second-order valence-corrected chi connectivity index (χ2v) is 5.20. The Bertz CT molecular complexity index is 223. The van der Waals surface area contributed by atoms with E-state index in [0.29, 0.717) is 6.42 Å². The molecule has 0 bridgehead atoms. The second kappa shape index (κ2) is 17.9. The summed E-state index contributed by atoms with van der Waals surface area (Å²) in [7, 11) is 0. The predicted molar refractivity (Wildman–Crippen MR) is 82.0 cm³/mol. The minimum Gasteiger partial charge on any atom is -0.481 e. The highest BCUT2D eigenvalue weighted by atomic mass is 16.4. The third-order valence-electron chi connectivity index (χ3n) is 2.99. The molecule has 0 aliphatic heterocycles. The summed E-state index contributed by atoms with van der Waals surface area (Å²) in [5.41, 5.74) is 0. The first-order valence-corrected chi connectivity index (χ1v) is 7.92. The normalized spacial score (nSPS) is 9.70. The van der Waals surface area contributed by atoms with Gasteiger partial charge in [0.2, 0.25) is 0 Å². The number of rotatable bonds is 12. The van der Waals surface area contributed by atoms with Gasteiger partial charge in [-0.1, -0.05) is 71.1 Å². The number of carbonyl (C=O) groups is 2. The molecule has 0 atom stereocenters. The SMILES string of the molecule is CC(=O)O.CCCCCCCCCCCCCC(=O)O. The quantitative estimate of drug-likeness (QED) is 0.503. The third kappa shape index (κ3) is 30.2. The summed E-state index contributed by atoms with van der Waals surface area (Å²) < 4.78 is 0. The van der Waals surface area contributed by atoms with Crippen molar-refractivity contribution >= 4 is 11.9 Å². The molecule has 0 saturated carbocycles. The zero-order chi connectivity index (χ0) is 15.6. The number of carboxylic acids is 2. The van der Waals surface area contributed by atoms with E-state index in [4.69, 9.17) is 15.0 Å². The van der Waals surface area contributed by atoms with Crippen LogP contribution >= 0.6 is 0 Å². The maximum atomic E-state index is 10.3. The standard InChI is InChI=1S/C14H28O2.C2H4O2/c1-2-3-4-5-6-7-8-9-10-11-12-13-14(15)16;1-2(3)4/h2-13H2,1H3,(H,15,16);1H3,(H,3,4). The van der Waals surface area contributed by atoms with E-state index in [1.165, 1.54) is 57.8 Å². The number of carboxylic acid groups (broad SMARTS) is 2. The van der Waals surface area contributed by atoms with Crippen molar-refractivity contribution in [2.45, 2.75) is 90.9 Å². The fourth-order valence-corrected chi connectivity index (χ4v) is 1.94. The molecule has 0 saturated heterocycles. The highest BCUT2D eigenvalue weighted by molar-refractivity contribution is 5.66. The van der Waals surface area contributed by atoms with Crippen LogP contribution in [0.5, 0.6) is 0 Å². The Morgan fingerprint density at radius 3 is 1.30 bits per heavy atom. The van der Waals surface area contributed by atoms with Crippen LogP contribution in [-0.2, 0) is 9.59 Å². The summed E-state index contributed by atoms with van der Waals surface area (Å²) in [5, 5.41) is 15.9. The van der Waals surface area contributed by atoms with Crippen molar-refractivity contribution in [2.24, 2.45) is 0 Å². The Morgan fingerprint density at radius 1 is 0.700 bits per heavy atom. The van der Waals surface area contributed by atoms with Crippen LogP contribution in [0, 0.1) is 0 Å². The molecule has 0 radical (unpaired) electrons. The largest absolute Gasteiger partial charge is 0.481 e. The fourth-order valence-electron chi connectivity index (χ4n) is 1.94. The topological polar surface area (TPSA) is 74.6 Å². The van der Waals surface area contributed by atoms with Crippen LogP contribution in [0.1, 0.15) is 90.9 Å². The Balaban J connectivity index is 0. The van der Waals surface area contributed by atoms with Crippen LogP contribution < -0.4 is 0 Å². The second-order valence-electron chi connectivity index (χ2n) is 5.20. The smallest absolute Gasteiger partial charge is 0.303 e. The predicted octanol–water partition coefficient (Wildman–Crippen LogP) is 4.86. The molecule has 0 fully saturated rings. The molecular formula is C16H32O4. The van der Waals surface area contributed by atoms with Crippen molar-refractivity contribution in [3.8, 4) is 0 Å². The molecule has 0 aromatic rings. The molecule has 0 aliphatic carbocycles. The van der Waals surface area contributed by atoms with Crippen molar-refractivity contribution in [3.05, 3.63) is 0 Å². The van der Waals surface area contributed by atoms with E-state index in [0.717, 1.165) is 19.8 Å². The maximum absolute atomic E-state index is 10.3. The van der Waals surface area contributed by atoms with Gasteiger partial charge in [-0.2, -0.15) is 0 Å². The molecule has 0 rings (SSSR count). The first-order chi connectivity index (χ1) is 9.50. The van der Waals surface area contributed by atoms with Gasteiger partial charge >= 0.3 is 5.97 Å². The summed E-state index contributed by atoms with van der Waals surface area (Å²) in [6.07, 6.45) is 14.4. The summed E-state index contributed by atoms with van der Waals surface area (Å²) in [4.78, 5) is 19.3. The molecule has 2 N–H and O–H groups in total. The zero-order valence-corrected chi connectivity index (χ0v) is 13.2. The lowest BCUT2D eigenvalue weighted by atomic mass is 10.1. The number of aliphatic carboxylic acids is 2. The molecule has 0 aromatic carbocycles. The van der Waals surface area contributed by atoms with E-state index < -0.39 is 11.9 Å². The van der Waals surface area contributed by atoms with E-state index in [1.807, 2.05) is 0 Å². The highest BCUT2D eigenvalue weighted by Crippen LogP contribution is 2.11. The van der Waals surface area contributed by atoms with Crippen LogP contribution in [0.2, 0.25) is 0 Å². The van der Waals surface area contributed by atoms with Crippen molar-refractivity contribution < 1.29 is 19.8 Å². The lowest BCUT2D eigenvalue weighted by Crippen LogP contribution is -1.93. The lowest BCUT2D eigenvalue weighted by molar-refractivity contribution is -0.137. The average molecular weight is 288 g/mol. The Hall–Kier alpha value is -1.06. The first kappa shape index (κ1) is 21.2. The molecule has 0 unspecified atom stereocenters. The van der Waals surface area contributed by atoms with Gasteiger partial charge in [0.05, 0.1) is 0 Å². The average Bonchev–Trinajstić information content (AvgIpc) is 2.35. The van der Waals surface area contributed by atoms with Gasteiger partial charge in [-0.3, -0.25) is 9.59 Å². The summed E-state index contributed by atoms with van der Waals surface area (Å²) in [6, 6.07) is 0. The number of hydrogen-bond acceptors (Lipinski definition) is 2. The molecule has 0 aromatic heterocycles. The van der Waals surface area contributed by atoms with E-state index in [2.05, 4.69) is 6.92 Å². The third-order valence-corrected chi connectivity index (χ3v) is 2.99. The van der Waals surface area contributed by atoms with Crippen molar-refractivity contribution in [1.82, 2.24) is 0 Å². The first-order valence-electron chi connectivity index (χ1n) is 7.92. The molecule has 120 valence electrons. The van der Waals surface area contributed by atoms with Crippen LogP contribution in [0.25, 0.3) is 0 Å². The molecule has 0 aliphatic rings. The van der Waals surface area contributed by atoms with Gasteiger partial charge < -0.3 is 10.2 Å². The van der Waals surface area contributed by atoms with Gasteiger partial charge in [0.15, 0.2) is 0 Å². The molecule has 0 amide bonds. The van der Waals surface area contributed by atoms with Crippen LogP contribution in [0.15, 0.2) is 0 Å². The lowest BCUT2D eigenvalue weighted by Gasteiger charge is -2.01. The van der Waals surface area contributed by atoms with Crippen LogP contribution in [0.4, 0.5) is 0 Å². The molecule has 4 nitrogen and oxygen atoms in total. The Labute approximate surface area is 123 Å². The fraction of sp³-hybridized carbons (Fsp3) is 0.875. The van der Waals surface area contributed by atoms with Crippen LogP contribution in [0.3, 0.4) is 0 Å². The van der Waals surface area contributed by atoms with Gasteiger partial charge in [0, 0.05) is 13.3 Å².